The molecule has 3 nitrogen and oxygen atoms in total. The van der Waals surface area contributed by atoms with E-state index in [1.807, 2.05) is 6.07 Å². The van der Waals surface area contributed by atoms with Crippen molar-refractivity contribution in [3.8, 4) is 0 Å². The van der Waals surface area contributed by atoms with Gasteiger partial charge in [-0.25, -0.2) is 0 Å². The molecule has 0 saturated heterocycles. The van der Waals surface area contributed by atoms with Crippen molar-refractivity contribution in [2.75, 3.05) is 0 Å². The summed E-state index contributed by atoms with van der Waals surface area (Å²) in [5, 5.41) is 1.29. The fourth-order valence-corrected chi connectivity index (χ4v) is 2.73. The lowest BCUT2D eigenvalue weighted by Crippen LogP contribution is -1.98. The average Bonchev–Trinajstić information content (AvgIpc) is 2.39. The van der Waals surface area contributed by atoms with E-state index in [0.717, 1.165) is 11.1 Å². The minimum atomic E-state index is -4.14. The highest BCUT2D eigenvalue weighted by atomic mass is 35.5. The largest absolute Gasteiger partial charge is 0.294 e. The first kappa shape index (κ1) is 15.3. The predicted octanol–water partition coefficient (Wildman–Crippen LogP) is 4.03. The summed E-state index contributed by atoms with van der Waals surface area (Å²) in [7, 11) is -4.14. The molecule has 106 valence electrons. The average molecular weight is 331 g/mol. The van der Waals surface area contributed by atoms with Crippen molar-refractivity contribution >= 4 is 33.3 Å². The molecule has 2 aromatic rings. The topological polar surface area (TPSA) is 54.4 Å². The second-order valence-corrected chi connectivity index (χ2v) is 6.62. The maximum absolute atomic E-state index is 10.9. The minimum absolute atomic E-state index is 0.109. The standard InChI is InChI=1S/C14H12Cl2O3S/c15-12-5-8-14(16)11(9-12)4-1-10-2-6-13(7-3-10)20(17,18)19/h2-3,5-9H,1,4H2,(H,17,18,19). The molecule has 0 bridgehead atoms. The summed E-state index contributed by atoms with van der Waals surface area (Å²) in [5.41, 5.74) is 1.89. The van der Waals surface area contributed by atoms with Crippen LogP contribution in [0.15, 0.2) is 47.4 Å². The predicted molar refractivity (Wildman–Crippen MR) is 80.1 cm³/mol. The van der Waals surface area contributed by atoms with Crippen LogP contribution in [0, 0.1) is 0 Å². The zero-order valence-electron chi connectivity index (χ0n) is 10.4. The maximum Gasteiger partial charge on any atom is 0.294 e. The van der Waals surface area contributed by atoms with E-state index >= 15 is 0 Å². The van der Waals surface area contributed by atoms with Gasteiger partial charge in [-0.1, -0.05) is 35.3 Å². The normalized spacial score (nSPS) is 11.6. The Bertz CT molecular complexity index is 710. The molecular formula is C14H12Cl2O3S. The Labute approximate surface area is 127 Å². The molecule has 2 rings (SSSR count). The number of hydrogen-bond acceptors (Lipinski definition) is 2. The van der Waals surface area contributed by atoms with Gasteiger partial charge in [0.25, 0.3) is 10.1 Å². The minimum Gasteiger partial charge on any atom is -0.282 e. The number of hydrogen-bond donors (Lipinski definition) is 1. The highest BCUT2D eigenvalue weighted by Gasteiger charge is 2.08. The van der Waals surface area contributed by atoms with E-state index in [0.29, 0.717) is 22.9 Å². The molecule has 0 atom stereocenters. The second-order valence-electron chi connectivity index (χ2n) is 4.35. The monoisotopic (exact) mass is 330 g/mol. The molecule has 20 heavy (non-hydrogen) atoms. The molecule has 0 heterocycles. The number of benzene rings is 2. The van der Waals surface area contributed by atoms with E-state index < -0.39 is 10.1 Å². The van der Waals surface area contributed by atoms with E-state index in [4.69, 9.17) is 27.8 Å². The van der Waals surface area contributed by atoms with Crippen LogP contribution in [-0.2, 0) is 23.0 Å². The lowest BCUT2D eigenvalue weighted by atomic mass is 10.0. The highest BCUT2D eigenvalue weighted by molar-refractivity contribution is 7.85. The second kappa shape index (κ2) is 6.14. The first-order valence-corrected chi connectivity index (χ1v) is 8.06. The molecule has 0 spiro atoms. The summed E-state index contributed by atoms with van der Waals surface area (Å²) in [6, 6.07) is 11.4. The van der Waals surface area contributed by atoms with Gasteiger partial charge in [-0.05, 0) is 54.3 Å². The van der Waals surface area contributed by atoms with Gasteiger partial charge in [-0.15, -0.1) is 0 Å². The van der Waals surface area contributed by atoms with Crippen molar-refractivity contribution in [3.63, 3.8) is 0 Å². The number of halogens is 2. The van der Waals surface area contributed by atoms with Crippen molar-refractivity contribution in [3.05, 3.63) is 63.6 Å². The van der Waals surface area contributed by atoms with E-state index in [-0.39, 0.29) is 4.90 Å². The fourth-order valence-electron chi connectivity index (χ4n) is 1.84. The Morgan fingerprint density at radius 1 is 0.950 bits per heavy atom. The summed E-state index contributed by atoms with van der Waals surface area (Å²) in [5.74, 6) is 0. The molecule has 1 N–H and O–H groups in total. The quantitative estimate of drug-likeness (QED) is 0.861. The zero-order chi connectivity index (χ0) is 14.8. The van der Waals surface area contributed by atoms with E-state index in [1.165, 1.54) is 12.1 Å². The van der Waals surface area contributed by atoms with Gasteiger partial charge >= 0.3 is 0 Å². The Morgan fingerprint density at radius 2 is 1.60 bits per heavy atom. The lowest BCUT2D eigenvalue weighted by molar-refractivity contribution is 0.483. The summed E-state index contributed by atoms with van der Waals surface area (Å²) in [6.07, 6.45) is 1.40. The SMILES string of the molecule is O=S(=O)(O)c1ccc(CCc2cc(Cl)ccc2Cl)cc1. The van der Waals surface area contributed by atoms with Crippen molar-refractivity contribution < 1.29 is 13.0 Å². The molecule has 0 aliphatic heterocycles. The molecule has 0 fully saturated rings. The Balaban J connectivity index is 2.10. The zero-order valence-corrected chi connectivity index (χ0v) is 12.7. The smallest absolute Gasteiger partial charge is 0.282 e. The van der Waals surface area contributed by atoms with Crippen LogP contribution in [0.4, 0.5) is 0 Å². The van der Waals surface area contributed by atoms with Gasteiger partial charge in [0.15, 0.2) is 0 Å². The van der Waals surface area contributed by atoms with Crippen LogP contribution in [0.1, 0.15) is 11.1 Å². The van der Waals surface area contributed by atoms with Crippen LogP contribution in [0.25, 0.3) is 0 Å². The third kappa shape index (κ3) is 3.96. The molecule has 0 radical (unpaired) electrons. The van der Waals surface area contributed by atoms with Crippen LogP contribution in [0.2, 0.25) is 10.0 Å². The van der Waals surface area contributed by atoms with E-state index in [2.05, 4.69) is 0 Å². The molecule has 0 aliphatic rings. The van der Waals surface area contributed by atoms with Gasteiger partial charge in [0.05, 0.1) is 4.90 Å². The van der Waals surface area contributed by atoms with Gasteiger partial charge in [0.2, 0.25) is 0 Å². The first-order valence-electron chi connectivity index (χ1n) is 5.86. The Morgan fingerprint density at radius 3 is 2.20 bits per heavy atom. The Hall–Kier alpha value is -1.07. The third-order valence-corrected chi connectivity index (χ3v) is 4.38. The van der Waals surface area contributed by atoms with E-state index in [1.54, 1.807) is 24.3 Å². The van der Waals surface area contributed by atoms with Crippen LogP contribution < -0.4 is 0 Å². The van der Waals surface area contributed by atoms with E-state index in [9.17, 15) is 8.42 Å². The Kier molecular flexibility index (Phi) is 4.70. The molecule has 0 unspecified atom stereocenters. The molecule has 2 aromatic carbocycles. The molecule has 0 amide bonds. The highest BCUT2D eigenvalue weighted by Crippen LogP contribution is 2.22. The van der Waals surface area contributed by atoms with Gasteiger partial charge in [-0.2, -0.15) is 8.42 Å². The van der Waals surface area contributed by atoms with Gasteiger partial charge in [0, 0.05) is 10.0 Å². The number of aryl methyl sites for hydroxylation is 2. The van der Waals surface area contributed by atoms with Gasteiger partial charge < -0.3 is 0 Å². The van der Waals surface area contributed by atoms with Crippen molar-refractivity contribution in [2.45, 2.75) is 17.7 Å². The van der Waals surface area contributed by atoms with Crippen LogP contribution in [0.5, 0.6) is 0 Å². The first-order chi connectivity index (χ1) is 9.36. The van der Waals surface area contributed by atoms with Gasteiger partial charge in [0.1, 0.15) is 0 Å². The summed E-state index contributed by atoms with van der Waals surface area (Å²) >= 11 is 12.0. The third-order valence-electron chi connectivity index (χ3n) is 2.91. The van der Waals surface area contributed by atoms with Gasteiger partial charge in [-0.3, -0.25) is 4.55 Å². The van der Waals surface area contributed by atoms with Crippen molar-refractivity contribution in [1.29, 1.82) is 0 Å². The molecule has 0 aromatic heterocycles. The molecular weight excluding hydrogens is 319 g/mol. The molecule has 0 saturated carbocycles. The fraction of sp³-hybridized carbons (Fsp3) is 0.143. The maximum atomic E-state index is 10.9. The molecule has 6 heteroatoms. The van der Waals surface area contributed by atoms with Crippen LogP contribution >= 0.6 is 23.2 Å². The van der Waals surface area contributed by atoms with Crippen LogP contribution in [-0.4, -0.2) is 13.0 Å². The molecule has 0 aliphatic carbocycles. The lowest BCUT2D eigenvalue weighted by Gasteiger charge is -2.06. The summed E-state index contributed by atoms with van der Waals surface area (Å²) < 4.78 is 30.8. The summed E-state index contributed by atoms with van der Waals surface area (Å²) in [4.78, 5) is -0.109. The van der Waals surface area contributed by atoms with Crippen molar-refractivity contribution in [1.82, 2.24) is 0 Å². The summed E-state index contributed by atoms with van der Waals surface area (Å²) in [6.45, 7) is 0. The van der Waals surface area contributed by atoms with Crippen LogP contribution in [0.3, 0.4) is 0 Å². The van der Waals surface area contributed by atoms with Crippen molar-refractivity contribution in [2.24, 2.45) is 0 Å². The number of rotatable bonds is 4.